The molecule has 0 aliphatic carbocycles. The lowest BCUT2D eigenvalue weighted by atomic mass is 10.3. The molecule has 0 bridgehead atoms. The van der Waals surface area contributed by atoms with Gasteiger partial charge in [-0.15, -0.1) is 0 Å². The summed E-state index contributed by atoms with van der Waals surface area (Å²) in [6, 6.07) is 5.48. The highest BCUT2D eigenvalue weighted by atomic mass is 35.5. The number of hydrogen-bond donors (Lipinski definition) is 0. The van der Waals surface area contributed by atoms with Gasteiger partial charge in [-0.05, 0) is 12.1 Å². The molecule has 0 aliphatic heterocycles. The van der Waals surface area contributed by atoms with E-state index in [1.807, 2.05) is 0 Å². The van der Waals surface area contributed by atoms with Crippen LogP contribution in [0.25, 0.3) is 0 Å². The lowest BCUT2D eigenvalue weighted by Gasteiger charge is -2.05. The second-order valence-corrected chi connectivity index (χ2v) is 3.95. The van der Waals surface area contributed by atoms with E-state index in [9.17, 15) is 14.9 Å². The van der Waals surface area contributed by atoms with Crippen LogP contribution in [-0.2, 0) is 0 Å². The summed E-state index contributed by atoms with van der Waals surface area (Å²) in [5.74, 6) is 0.662. The molecule has 0 atom stereocenters. The summed E-state index contributed by atoms with van der Waals surface area (Å²) >= 11 is 5.76. The molecular weight excluding hydrogens is 272 g/mol. The number of pyridine rings is 1. The van der Waals surface area contributed by atoms with Crippen LogP contribution in [0, 0.1) is 10.1 Å². The van der Waals surface area contributed by atoms with Gasteiger partial charge in [-0.3, -0.25) is 19.9 Å². The van der Waals surface area contributed by atoms with Gasteiger partial charge < -0.3 is 4.74 Å². The topological polar surface area (TPSA) is 82.3 Å². The van der Waals surface area contributed by atoms with Gasteiger partial charge in [0.2, 0.25) is 0 Å². The van der Waals surface area contributed by atoms with Gasteiger partial charge in [-0.2, -0.15) is 0 Å². The van der Waals surface area contributed by atoms with E-state index in [0.717, 1.165) is 0 Å². The minimum absolute atomic E-state index is 0.0259. The molecule has 0 N–H and O–H groups in total. The van der Waals surface area contributed by atoms with E-state index in [1.165, 1.54) is 36.7 Å². The molecule has 96 valence electrons. The zero-order valence-electron chi connectivity index (χ0n) is 9.45. The van der Waals surface area contributed by atoms with E-state index in [2.05, 4.69) is 4.98 Å². The molecule has 0 aliphatic rings. The van der Waals surface area contributed by atoms with Crippen molar-refractivity contribution in [3.05, 3.63) is 57.4 Å². The van der Waals surface area contributed by atoms with E-state index < -0.39 is 4.92 Å². The van der Waals surface area contributed by atoms with Gasteiger partial charge in [0.25, 0.3) is 5.69 Å². The Kier molecular flexibility index (Phi) is 3.72. The minimum atomic E-state index is -0.583. The quantitative estimate of drug-likeness (QED) is 0.487. The number of hydrogen-bond acceptors (Lipinski definition) is 5. The maximum absolute atomic E-state index is 10.6. The fourth-order valence-corrected chi connectivity index (χ4v) is 1.63. The van der Waals surface area contributed by atoms with E-state index in [0.29, 0.717) is 23.3 Å². The monoisotopic (exact) mass is 278 g/mol. The molecule has 0 saturated heterocycles. The van der Waals surface area contributed by atoms with Crippen molar-refractivity contribution in [2.75, 3.05) is 0 Å². The first-order valence-electron chi connectivity index (χ1n) is 5.12. The third-order valence-corrected chi connectivity index (χ3v) is 2.52. The summed E-state index contributed by atoms with van der Waals surface area (Å²) in [6.45, 7) is 0. The minimum Gasteiger partial charge on any atom is -0.456 e. The summed E-state index contributed by atoms with van der Waals surface area (Å²) in [6.07, 6.45) is 3.45. The van der Waals surface area contributed by atoms with Crippen molar-refractivity contribution in [1.29, 1.82) is 0 Å². The summed E-state index contributed by atoms with van der Waals surface area (Å²) in [5.41, 5.74) is 0.166. The van der Waals surface area contributed by atoms with E-state index in [-0.39, 0.29) is 10.7 Å². The zero-order chi connectivity index (χ0) is 13.8. The molecule has 1 heterocycles. The number of halogens is 1. The van der Waals surface area contributed by atoms with Crippen LogP contribution in [0.4, 0.5) is 5.69 Å². The van der Waals surface area contributed by atoms with Crippen LogP contribution in [0.2, 0.25) is 5.02 Å². The van der Waals surface area contributed by atoms with Crippen LogP contribution in [0.3, 0.4) is 0 Å². The molecule has 0 saturated carbocycles. The van der Waals surface area contributed by atoms with Gasteiger partial charge in [-0.1, -0.05) is 11.6 Å². The number of benzene rings is 1. The third-order valence-electron chi connectivity index (χ3n) is 2.22. The number of carbonyl (C=O) groups excluding carboxylic acids is 1. The van der Waals surface area contributed by atoms with Gasteiger partial charge in [-0.25, -0.2) is 0 Å². The number of rotatable bonds is 4. The molecule has 1 aromatic heterocycles. The van der Waals surface area contributed by atoms with Crippen molar-refractivity contribution < 1.29 is 14.5 Å². The van der Waals surface area contributed by atoms with Gasteiger partial charge in [0.05, 0.1) is 11.1 Å². The molecule has 6 nitrogen and oxygen atoms in total. The van der Waals surface area contributed by atoms with Crippen molar-refractivity contribution in [3.8, 4) is 11.5 Å². The second kappa shape index (κ2) is 5.45. The second-order valence-electron chi connectivity index (χ2n) is 3.54. The van der Waals surface area contributed by atoms with Crippen LogP contribution in [0.15, 0.2) is 36.7 Å². The van der Waals surface area contributed by atoms with Gasteiger partial charge in [0, 0.05) is 23.9 Å². The standard InChI is InChI=1S/C12H7ClN2O4/c13-11-4-9(1-2-12(11)15(17)18)19-10-3-8(7-16)5-14-6-10/h1-7H. The Bertz CT molecular complexity index is 645. The number of ether oxygens (including phenoxy) is 1. The summed E-state index contributed by atoms with van der Waals surface area (Å²) in [7, 11) is 0. The Hall–Kier alpha value is -2.47. The fraction of sp³-hybridized carbons (Fsp3) is 0. The molecular formula is C12H7ClN2O4. The molecule has 19 heavy (non-hydrogen) atoms. The highest BCUT2D eigenvalue weighted by molar-refractivity contribution is 6.32. The predicted molar refractivity (Wildman–Crippen MR) is 67.8 cm³/mol. The number of aromatic nitrogens is 1. The number of nitro benzene ring substituents is 1. The largest absolute Gasteiger partial charge is 0.456 e. The Morgan fingerprint density at radius 1 is 1.26 bits per heavy atom. The van der Waals surface area contributed by atoms with Crippen LogP contribution in [0.5, 0.6) is 11.5 Å². The van der Waals surface area contributed by atoms with Crippen molar-refractivity contribution in [2.24, 2.45) is 0 Å². The first-order chi connectivity index (χ1) is 9.10. The number of carbonyl (C=O) groups is 1. The Balaban J connectivity index is 2.26. The maximum atomic E-state index is 10.6. The van der Waals surface area contributed by atoms with E-state index in [4.69, 9.17) is 16.3 Å². The Morgan fingerprint density at radius 2 is 2.05 bits per heavy atom. The van der Waals surface area contributed by atoms with Gasteiger partial charge >= 0.3 is 0 Å². The SMILES string of the molecule is O=Cc1cncc(Oc2ccc([N+](=O)[O-])c(Cl)c2)c1. The van der Waals surface area contributed by atoms with Gasteiger partial charge in [0.15, 0.2) is 6.29 Å². The third kappa shape index (κ3) is 3.05. The van der Waals surface area contributed by atoms with Crippen molar-refractivity contribution in [1.82, 2.24) is 4.98 Å². The molecule has 0 fully saturated rings. The molecule has 0 spiro atoms. The summed E-state index contributed by atoms with van der Waals surface area (Å²) in [5, 5.41) is 10.6. The smallest absolute Gasteiger partial charge is 0.288 e. The van der Waals surface area contributed by atoms with Crippen molar-refractivity contribution >= 4 is 23.6 Å². The van der Waals surface area contributed by atoms with Crippen LogP contribution in [0.1, 0.15) is 10.4 Å². The molecule has 2 aromatic rings. The van der Waals surface area contributed by atoms with Gasteiger partial charge in [0.1, 0.15) is 16.5 Å². The van der Waals surface area contributed by atoms with E-state index >= 15 is 0 Å². The van der Waals surface area contributed by atoms with Crippen LogP contribution in [-0.4, -0.2) is 16.2 Å². The average Bonchev–Trinajstić information content (AvgIpc) is 2.38. The lowest BCUT2D eigenvalue weighted by Crippen LogP contribution is -1.91. The summed E-state index contributed by atoms with van der Waals surface area (Å²) < 4.78 is 5.41. The highest BCUT2D eigenvalue weighted by Crippen LogP contribution is 2.30. The molecule has 2 rings (SSSR count). The number of nitrogens with zero attached hydrogens (tertiary/aromatic N) is 2. The zero-order valence-corrected chi connectivity index (χ0v) is 10.2. The highest BCUT2D eigenvalue weighted by Gasteiger charge is 2.13. The molecule has 1 aromatic carbocycles. The maximum Gasteiger partial charge on any atom is 0.288 e. The average molecular weight is 279 g/mol. The fourth-order valence-electron chi connectivity index (χ4n) is 1.39. The molecule has 7 heteroatoms. The first-order valence-corrected chi connectivity index (χ1v) is 5.50. The van der Waals surface area contributed by atoms with Crippen LogP contribution >= 0.6 is 11.6 Å². The molecule has 0 radical (unpaired) electrons. The van der Waals surface area contributed by atoms with E-state index in [1.54, 1.807) is 0 Å². The Labute approximate surface area is 112 Å². The molecule has 0 unspecified atom stereocenters. The Morgan fingerprint density at radius 3 is 2.68 bits per heavy atom. The van der Waals surface area contributed by atoms with Crippen molar-refractivity contribution in [2.45, 2.75) is 0 Å². The number of aldehydes is 1. The normalized spacial score (nSPS) is 9.95. The molecule has 0 amide bonds. The first kappa shape index (κ1) is 13.0. The van der Waals surface area contributed by atoms with Crippen molar-refractivity contribution in [3.63, 3.8) is 0 Å². The lowest BCUT2D eigenvalue weighted by molar-refractivity contribution is -0.384. The number of nitro groups is 1. The predicted octanol–water partition coefficient (Wildman–Crippen LogP) is 3.25. The van der Waals surface area contributed by atoms with Crippen LogP contribution < -0.4 is 4.74 Å². The summed E-state index contributed by atoms with van der Waals surface area (Å²) in [4.78, 5) is 24.4.